The van der Waals surface area contributed by atoms with Gasteiger partial charge < -0.3 is 4.74 Å². The first-order valence-electron chi connectivity index (χ1n) is 11.7. The van der Waals surface area contributed by atoms with Gasteiger partial charge in [0, 0.05) is 0 Å². The zero-order valence-corrected chi connectivity index (χ0v) is 18.0. The third kappa shape index (κ3) is 2.83. The fourth-order valence-corrected chi connectivity index (χ4v) is 8.19. The van der Waals surface area contributed by atoms with Crippen molar-refractivity contribution in [3.05, 3.63) is 11.6 Å². The molecule has 1 heteroatoms. The van der Waals surface area contributed by atoms with E-state index in [9.17, 15) is 0 Å². The molecule has 0 spiro atoms. The first kappa shape index (κ1) is 19.0. The van der Waals surface area contributed by atoms with Gasteiger partial charge in [-0.05, 0) is 113 Å². The van der Waals surface area contributed by atoms with Crippen molar-refractivity contribution >= 4 is 0 Å². The Hall–Kier alpha value is -0.300. The van der Waals surface area contributed by atoms with Gasteiger partial charge in [0.25, 0.3) is 0 Å². The van der Waals surface area contributed by atoms with Gasteiger partial charge in [0.1, 0.15) is 0 Å². The minimum absolute atomic E-state index is 0.375. The molecule has 0 aromatic heterocycles. The second-order valence-electron chi connectivity index (χ2n) is 10.9. The molecule has 0 aromatic carbocycles. The fourth-order valence-electron chi connectivity index (χ4n) is 8.19. The molecule has 0 aliphatic heterocycles. The molecule has 7 atom stereocenters. The van der Waals surface area contributed by atoms with E-state index < -0.39 is 0 Å². The molecular weight excluding hydrogens is 316 g/mol. The molecule has 4 saturated carbocycles. The average Bonchev–Trinajstić information content (AvgIpc) is 2.96. The van der Waals surface area contributed by atoms with E-state index in [0.29, 0.717) is 16.9 Å². The Labute approximate surface area is 162 Å². The number of rotatable bonds is 3. The molecule has 0 bridgehead atoms. The van der Waals surface area contributed by atoms with Crippen molar-refractivity contribution in [2.75, 3.05) is 6.61 Å². The Morgan fingerprint density at radius 1 is 1.08 bits per heavy atom. The maximum atomic E-state index is 6.39. The van der Waals surface area contributed by atoms with E-state index in [1.54, 1.807) is 5.57 Å². The molecule has 1 nitrogen and oxygen atoms in total. The Morgan fingerprint density at radius 3 is 2.62 bits per heavy atom. The minimum Gasteiger partial charge on any atom is -0.378 e. The maximum Gasteiger partial charge on any atom is 0.0531 e. The maximum absolute atomic E-state index is 6.39. The van der Waals surface area contributed by atoms with Crippen LogP contribution in [0.25, 0.3) is 0 Å². The summed E-state index contributed by atoms with van der Waals surface area (Å²) in [6.45, 7) is 12.9. The van der Waals surface area contributed by atoms with Crippen LogP contribution in [0.5, 0.6) is 0 Å². The lowest BCUT2D eigenvalue weighted by Gasteiger charge is -2.61. The van der Waals surface area contributed by atoms with Crippen LogP contribution in [0.2, 0.25) is 0 Å². The molecule has 4 fully saturated rings. The van der Waals surface area contributed by atoms with Gasteiger partial charge in [0.15, 0.2) is 0 Å². The molecule has 0 N–H and O–H groups in total. The number of ether oxygens (including phenoxy) is 1. The molecule has 4 aliphatic carbocycles. The lowest BCUT2D eigenvalue weighted by molar-refractivity contribution is -0.155. The Balaban J connectivity index is 1.64. The van der Waals surface area contributed by atoms with Gasteiger partial charge in [-0.3, -0.25) is 0 Å². The highest BCUT2D eigenvalue weighted by atomic mass is 16.5. The second-order valence-corrected chi connectivity index (χ2v) is 10.9. The molecule has 26 heavy (non-hydrogen) atoms. The SMILES string of the molecule is C/C=C1/CCC2C3CCC4CC(C)CCC4(COC(C)C)C3CCC12C. The summed E-state index contributed by atoms with van der Waals surface area (Å²) in [4.78, 5) is 0. The highest BCUT2D eigenvalue weighted by Gasteiger charge is 2.60. The summed E-state index contributed by atoms with van der Waals surface area (Å²) >= 11 is 0. The van der Waals surface area contributed by atoms with Crippen LogP contribution in [0.1, 0.15) is 92.4 Å². The smallest absolute Gasteiger partial charge is 0.0531 e. The van der Waals surface area contributed by atoms with Gasteiger partial charge in [0.2, 0.25) is 0 Å². The molecule has 0 aromatic rings. The topological polar surface area (TPSA) is 9.23 Å². The molecule has 148 valence electrons. The van der Waals surface area contributed by atoms with Gasteiger partial charge in [0.05, 0.1) is 12.7 Å². The molecular formula is C25H42O. The Morgan fingerprint density at radius 2 is 1.88 bits per heavy atom. The van der Waals surface area contributed by atoms with Crippen LogP contribution in [0, 0.1) is 40.4 Å². The zero-order valence-electron chi connectivity index (χ0n) is 18.0. The second kappa shape index (κ2) is 6.94. The van der Waals surface area contributed by atoms with Crippen LogP contribution in [0.15, 0.2) is 11.6 Å². The van der Waals surface area contributed by atoms with Crippen molar-refractivity contribution < 1.29 is 4.74 Å². The molecule has 0 amide bonds. The van der Waals surface area contributed by atoms with Crippen LogP contribution in [0.3, 0.4) is 0 Å². The quantitative estimate of drug-likeness (QED) is 0.493. The summed E-state index contributed by atoms with van der Waals surface area (Å²) in [5.41, 5.74) is 2.80. The molecule has 0 heterocycles. The monoisotopic (exact) mass is 358 g/mol. The largest absolute Gasteiger partial charge is 0.378 e. The standard InChI is InChI=1S/C25H42O/c1-6-19-8-10-22-21-9-7-20-15-18(4)11-14-25(20,16-26-17(2)3)23(21)12-13-24(19,22)5/h6,17-18,20-23H,7-16H2,1-5H3/b19-6-. The van der Waals surface area contributed by atoms with Crippen molar-refractivity contribution in [2.24, 2.45) is 40.4 Å². The molecule has 4 rings (SSSR count). The number of hydrogen-bond acceptors (Lipinski definition) is 1. The van der Waals surface area contributed by atoms with Crippen molar-refractivity contribution in [3.63, 3.8) is 0 Å². The highest BCUT2D eigenvalue weighted by Crippen LogP contribution is 2.67. The average molecular weight is 359 g/mol. The zero-order chi connectivity index (χ0) is 18.5. The first-order chi connectivity index (χ1) is 12.4. The Bertz CT molecular complexity index is 548. The number of allylic oxidation sites excluding steroid dienone is 2. The van der Waals surface area contributed by atoms with Crippen molar-refractivity contribution in [3.8, 4) is 0 Å². The summed E-state index contributed by atoms with van der Waals surface area (Å²) < 4.78 is 6.39. The van der Waals surface area contributed by atoms with Crippen LogP contribution >= 0.6 is 0 Å². The van der Waals surface area contributed by atoms with E-state index in [-0.39, 0.29) is 0 Å². The summed E-state index contributed by atoms with van der Waals surface area (Å²) in [5.74, 6) is 4.70. The van der Waals surface area contributed by atoms with E-state index in [2.05, 4.69) is 40.7 Å². The number of fused-ring (bicyclic) bond motifs is 5. The van der Waals surface area contributed by atoms with Gasteiger partial charge in [-0.15, -0.1) is 0 Å². The Kier molecular flexibility index (Phi) is 5.08. The van der Waals surface area contributed by atoms with Crippen LogP contribution in [0.4, 0.5) is 0 Å². The van der Waals surface area contributed by atoms with Crippen LogP contribution < -0.4 is 0 Å². The first-order valence-corrected chi connectivity index (χ1v) is 11.7. The summed E-state index contributed by atoms with van der Waals surface area (Å²) in [7, 11) is 0. The fraction of sp³-hybridized carbons (Fsp3) is 0.920. The predicted octanol–water partition coefficient (Wildman–Crippen LogP) is 7.02. The molecule has 7 unspecified atom stereocenters. The molecule has 0 radical (unpaired) electrons. The van der Waals surface area contributed by atoms with Gasteiger partial charge >= 0.3 is 0 Å². The molecule has 0 saturated heterocycles. The van der Waals surface area contributed by atoms with Crippen LogP contribution in [-0.2, 0) is 4.74 Å². The van der Waals surface area contributed by atoms with Gasteiger partial charge in [-0.1, -0.05) is 31.9 Å². The van der Waals surface area contributed by atoms with Gasteiger partial charge in [-0.25, -0.2) is 0 Å². The lowest BCUT2D eigenvalue weighted by atomic mass is 9.44. The minimum atomic E-state index is 0.375. The van der Waals surface area contributed by atoms with Crippen LogP contribution in [-0.4, -0.2) is 12.7 Å². The third-order valence-corrected chi connectivity index (χ3v) is 9.51. The van der Waals surface area contributed by atoms with Crippen molar-refractivity contribution in [1.82, 2.24) is 0 Å². The van der Waals surface area contributed by atoms with Crippen molar-refractivity contribution in [2.45, 2.75) is 98.5 Å². The van der Waals surface area contributed by atoms with E-state index in [1.807, 2.05) is 0 Å². The normalized spacial score (nSPS) is 49.8. The van der Waals surface area contributed by atoms with E-state index in [0.717, 1.165) is 36.2 Å². The summed E-state index contributed by atoms with van der Waals surface area (Å²) in [6, 6.07) is 0. The lowest BCUT2D eigenvalue weighted by Crippen LogP contribution is -2.56. The number of hydrogen-bond donors (Lipinski definition) is 0. The van der Waals surface area contributed by atoms with E-state index >= 15 is 0 Å². The van der Waals surface area contributed by atoms with E-state index in [4.69, 9.17) is 4.74 Å². The highest BCUT2D eigenvalue weighted by molar-refractivity contribution is 5.23. The summed E-state index contributed by atoms with van der Waals surface area (Å²) in [5, 5.41) is 0. The van der Waals surface area contributed by atoms with Gasteiger partial charge in [-0.2, -0.15) is 0 Å². The summed E-state index contributed by atoms with van der Waals surface area (Å²) in [6.07, 6.45) is 15.9. The molecule has 4 aliphatic rings. The third-order valence-electron chi connectivity index (χ3n) is 9.51. The van der Waals surface area contributed by atoms with E-state index in [1.165, 1.54) is 57.8 Å². The van der Waals surface area contributed by atoms with Crippen molar-refractivity contribution in [1.29, 1.82) is 0 Å². The predicted molar refractivity (Wildman–Crippen MR) is 110 cm³/mol.